The van der Waals surface area contributed by atoms with Crippen molar-refractivity contribution >= 4 is 29.5 Å². The summed E-state index contributed by atoms with van der Waals surface area (Å²) in [7, 11) is 0. The van der Waals surface area contributed by atoms with E-state index in [1.165, 1.54) is 0 Å². The zero-order chi connectivity index (χ0) is 30.7. The molecule has 5 amide bonds. The third kappa shape index (κ3) is 7.26. The van der Waals surface area contributed by atoms with Gasteiger partial charge >= 0.3 is 0 Å². The van der Waals surface area contributed by atoms with Crippen LogP contribution in [0.4, 0.5) is 0 Å². The predicted octanol–water partition coefficient (Wildman–Crippen LogP) is 1.21. The number of primary amides is 2. The van der Waals surface area contributed by atoms with E-state index in [1.807, 2.05) is 0 Å². The number of hydrogen-bond donors (Lipinski definition) is 6. The first-order valence-electron chi connectivity index (χ1n) is 15.9. The SMILES string of the molecule is CC(C)(C(N)=O)C(NC(=O)[CH]C1CCCCC1)C(=O)NC1C2CCC(C2)C1C(=O)NCCCCC(O)(C(N)=O)C1CC1. The van der Waals surface area contributed by atoms with E-state index in [1.54, 1.807) is 20.3 Å². The average molecular weight is 589 g/mol. The summed E-state index contributed by atoms with van der Waals surface area (Å²) in [6.45, 7) is 3.49. The Hall–Kier alpha value is -2.69. The van der Waals surface area contributed by atoms with Crippen LogP contribution in [0.25, 0.3) is 0 Å². The Bertz CT molecular complexity index is 1040. The number of carbonyl (C=O) groups is 5. The highest BCUT2D eigenvalue weighted by Gasteiger charge is 2.53. The quantitative estimate of drug-likeness (QED) is 0.156. The van der Waals surface area contributed by atoms with Crippen molar-refractivity contribution in [3.63, 3.8) is 0 Å². The summed E-state index contributed by atoms with van der Waals surface area (Å²) < 4.78 is 0. The maximum Gasteiger partial charge on any atom is 0.249 e. The smallest absolute Gasteiger partial charge is 0.249 e. The summed E-state index contributed by atoms with van der Waals surface area (Å²) in [6.07, 6.45) is 12.4. The topological polar surface area (TPSA) is 194 Å². The zero-order valence-electron chi connectivity index (χ0n) is 25.2. The fourth-order valence-corrected chi connectivity index (χ4v) is 7.48. The Labute approximate surface area is 249 Å². The molecule has 8 N–H and O–H groups in total. The highest BCUT2D eigenvalue weighted by molar-refractivity contribution is 5.97. The molecule has 0 aliphatic heterocycles. The highest BCUT2D eigenvalue weighted by atomic mass is 16.3. The predicted molar refractivity (Wildman–Crippen MR) is 156 cm³/mol. The van der Waals surface area contributed by atoms with Crippen molar-refractivity contribution in [1.82, 2.24) is 16.0 Å². The second kappa shape index (κ2) is 13.3. The molecule has 42 heavy (non-hydrogen) atoms. The molecule has 4 saturated carbocycles. The number of carbonyl (C=O) groups excluding carboxylic acids is 5. The van der Waals surface area contributed by atoms with Crippen LogP contribution in [0, 0.1) is 41.4 Å². The van der Waals surface area contributed by atoms with E-state index in [-0.39, 0.29) is 41.9 Å². The Kier molecular flexibility index (Phi) is 10.2. The summed E-state index contributed by atoms with van der Waals surface area (Å²) in [5.74, 6) is -2.47. The van der Waals surface area contributed by atoms with Crippen molar-refractivity contribution in [3.8, 4) is 0 Å². The van der Waals surface area contributed by atoms with Crippen LogP contribution in [-0.4, -0.2) is 58.9 Å². The van der Waals surface area contributed by atoms with Gasteiger partial charge in [0.1, 0.15) is 11.6 Å². The van der Waals surface area contributed by atoms with Crippen molar-refractivity contribution in [3.05, 3.63) is 6.42 Å². The first kappa shape index (κ1) is 32.2. The number of hydrogen-bond acceptors (Lipinski definition) is 6. The van der Waals surface area contributed by atoms with Gasteiger partial charge in [0.15, 0.2) is 0 Å². The standard InChI is InChI=1S/C31H50N5O6/c1-30(2,28(32)40)25(35-22(37)16-18-8-4-3-5-9-18)27(39)36-24-20-11-10-19(17-20)23(24)26(38)34-15-7-6-14-31(42,29(33)41)21-12-13-21/h16,18-21,23-25,42H,3-15,17H2,1-2H3,(H2,32,40)(H2,33,41)(H,34,38)(H,35,37)(H,36,39). The molecule has 4 aliphatic rings. The summed E-state index contributed by atoms with van der Waals surface area (Å²) in [6, 6.07) is -1.59. The van der Waals surface area contributed by atoms with E-state index in [4.69, 9.17) is 11.5 Å². The molecule has 4 fully saturated rings. The van der Waals surface area contributed by atoms with Crippen LogP contribution in [0.15, 0.2) is 0 Å². The third-order valence-electron chi connectivity index (χ3n) is 10.4. The number of nitrogens with two attached hydrogens (primary N) is 2. The number of nitrogens with one attached hydrogen (secondary N) is 3. The molecule has 0 aromatic carbocycles. The molecular weight excluding hydrogens is 538 g/mol. The molecule has 11 heteroatoms. The Morgan fingerprint density at radius 2 is 1.57 bits per heavy atom. The van der Waals surface area contributed by atoms with Gasteiger partial charge in [0.2, 0.25) is 29.5 Å². The summed E-state index contributed by atoms with van der Waals surface area (Å²) in [5.41, 5.74) is 8.29. The maximum absolute atomic E-state index is 13.7. The number of fused-ring (bicyclic) bond motifs is 2. The molecule has 1 radical (unpaired) electrons. The van der Waals surface area contributed by atoms with Crippen molar-refractivity contribution in [2.75, 3.05) is 6.54 Å². The summed E-state index contributed by atoms with van der Waals surface area (Å²) in [5, 5.41) is 19.4. The highest BCUT2D eigenvalue weighted by Crippen LogP contribution is 2.49. The van der Waals surface area contributed by atoms with Crippen molar-refractivity contribution in [2.45, 2.75) is 115 Å². The minimum Gasteiger partial charge on any atom is -0.380 e. The Balaban J connectivity index is 1.34. The molecular formula is C31H50N5O6. The summed E-state index contributed by atoms with van der Waals surface area (Å²) in [4.78, 5) is 64.1. The van der Waals surface area contributed by atoms with Crippen LogP contribution in [0.1, 0.15) is 97.3 Å². The van der Waals surface area contributed by atoms with Gasteiger partial charge in [-0.3, -0.25) is 24.0 Å². The Morgan fingerprint density at radius 3 is 2.19 bits per heavy atom. The largest absolute Gasteiger partial charge is 0.380 e. The Morgan fingerprint density at radius 1 is 0.905 bits per heavy atom. The monoisotopic (exact) mass is 588 g/mol. The number of unbranched alkanes of at least 4 members (excludes halogenated alkanes) is 1. The van der Waals surface area contributed by atoms with E-state index < -0.39 is 46.7 Å². The van der Waals surface area contributed by atoms with Crippen LogP contribution in [0.3, 0.4) is 0 Å². The van der Waals surface area contributed by atoms with Gasteiger partial charge in [0, 0.05) is 12.6 Å². The molecule has 2 bridgehead atoms. The number of aliphatic hydroxyl groups is 1. The molecule has 0 aromatic rings. The van der Waals surface area contributed by atoms with Gasteiger partial charge in [-0.2, -0.15) is 0 Å². The van der Waals surface area contributed by atoms with Crippen LogP contribution in [0.2, 0.25) is 0 Å². The van der Waals surface area contributed by atoms with E-state index in [0.717, 1.165) is 64.2 Å². The lowest BCUT2D eigenvalue weighted by Gasteiger charge is -2.36. The maximum atomic E-state index is 13.7. The first-order valence-corrected chi connectivity index (χ1v) is 15.9. The molecule has 6 unspecified atom stereocenters. The number of amides is 5. The van der Waals surface area contributed by atoms with Crippen LogP contribution < -0.4 is 27.4 Å². The van der Waals surface area contributed by atoms with Crippen LogP contribution >= 0.6 is 0 Å². The molecule has 4 rings (SSSR count). The van der Waals surface area contributed by atoms with Gasteiger partial charge in [-0.05, 0) is 102 Å². The van der Waals surface area contributed by atoms with Gasteiger partial charge in [-0.15, -0.1) is 0 Å². The van der Waals surface area contributed by atoms with Crippen molar-refractivity contribution in [1.29, 1.82) is 0 Å². The molecule has 0 saturated heterocycles. The van der Waals surface area contributed by atoms with Gasteiger partial charge in [-0.1, -0.05) is 19.3 Å². The van der Waals surface area contributed by atoms with Crippen LogP contribution in [0.5, 0.6) is 0 Å². The molecule has 235 valence electrons. The second-order valence-electron chi connectivity index (χ2n) is 13.8. The zero-order valence-corrected chi connectivity index (χ0v) is 25.2. The first-order chi connectivity index (χ1) is 19.8. The minimum atomic E-state index is -1.47. The van der Waals surface area contributed by atoms with E-state index in [9.17, 15) is 29.1 Å². The van der Waals surface area contributed by atoms with Gasteiger partial charge < -0.3 is 32.5 Å². The van der Waals surface area contributed by atoms with Crippen molar-refractivity contribution in [2.24, 2.45) is 46.5 Å². The normalized spacial score (nSPS) is 28.0. The van der Waals surface area contributed by atoms with Gasteiger partial charge in [-0.25, -0.2) is 0 Å². The van der Waals surface area contributed by atoms with E-state index >= 15 is 0 Å². The lowest BCUT2D eigenvalue weighted by molar-refractivity contribution is -0.139. The fraction of sp³-hybridized carbons (Fsp3) is 0.806. The minimum absolute atomic E-state index is 0.0682. The van der Waals surface area contributed by atoms with Gasteiger partial charge in [0.05, 0.1) is 17.8 Å². The van der Waals surface area contributed by atoms with E-state index in [2.05, 4.69) is 16.0 Å². The molecule has 6 atom stereocenters. The molecule has 4 aliphatic carbocycles. The fourth-order valence-electron chi connectivity index (χ4n) is 7.48. The average Bonchev–Trinajstić information content (AvgIpc) is 3.61. The number of rotatable bonds is 15. The lowest BCUT2D eigenvalue weighted by Crippen LogP contribution is -2.61. The van der Waals surface area contributed by atoms with Gasteiger partial charge in [0.25, 0.3) is 0 Å². The molecule has 0 spiro atoms. The molecule has 0 heterocycles. The second-order valence-corrected chi connectivity index (χ2v) is 13.8. The van der Waals surface area contributed by atoms with E-state index in [0.29, 0.717) is 19.4 Å². The molecule has 11 nitrogen and oxygen atoms in total. The third-order valence-corrected chi connectivity index (χ3v) is 10.4. The van der Waals surface area contributed by atoms with Crippen LogP contribution in [-0.2, 0) is 24.0 Å². The summed E-state index contributed by atoms with van der Waals surface area (Å²) >= 11 is 0. The van der Waals surface area contributed by atoms with Crippen molar-refractivity contribution < 1.29 is 29.1 Å². The lowest BCUT2D eigenvalue weighted by atomic mass is 9.80. The molecule has 0 aromatic heterocycles.